The summed E-state index contributed by atoms with van der Waals surface area (Å²) in [5, 5.41) is 2.63. The number of ether oxygens (including phenoxy) is 1. The molecule has 0 radical (unpaired) electrons. The van der Waals surface area contributed by atoms with E-state index < -0.39 is 11.4 Å². The van der Waals surface area contributed by atoms with Crippen LogP contribution in [0.25, 0.3) is 0 Å². The highest BCUT2D eigenvalue weighted by molar-refractivity contribution is 5.89. The smallest absolute Gasteiger partial charge is 0.410 e. The molecule has 3 amide bonds. The van der Waals surface area contributed by atoms with Crippen molar-refractivity contribution in [2.45, 2.75) is 52.2 Å². The van der Waals surface area contributed by atoms with Gasteiger partial charge in [-0.15, -0.1) is 0 Å². The molecule has 6 nitrogen and oxygen atoms in total. The van der Waals surface area contributed by atoms with Gasteiger partial charge in [-0.2, -0.15) is 0 Å². The zero-order chi connectivity index (χ0) is 19.3. The number of amides is 3. The van der Waals surface area contributed by atoms with E-state index in [0.717, 1.165) is 12.8 Å². The van der Waals surface area contributed by atoms with Gasteiger partial charge in [-0.3, -0.25) is 0 Å². The standard InChI is InChI=1S/C19H28FN3O3/c1-5-8-14-13-22(18(25)26-19(2,3)4)11-12-23(14)17(24)21-16-10-7-6-9-15(16)20/h6-7,9-10,14H,5,8,11-13H2,1-4H3,(H,21,24)/t14-/m0/s1. The molecule has 1 aromatic rings. The Balaban J connectivity index is 2.04. The van der Waals surface area contributed by atoms with Gasteiger partial charge in [-0.05, 0) is 39.3 Å². The highest BCUT2D eigenvalue weighted by Gasteiger charge is 2.34. The highest BCUT2D eigenvalue weighted by Crippen LogP contribution is 2.20. The molecule has 1 N–H and O–H groups in total. The third-order valence-electron chi connectivity index (χ3n) is 4.13. The second kappa shape index (κ2) is 8.38. The number of para-hydroxylation sites is 1. The van der Waals surface area contributed by atoms with Crippen molar-refractivity contribution >= 4 is 17.8 Å². The molecule has 1 saturated heterocycles. The van der Waals surface area contributed by atoms with E-state index in [2.05, 4.69) is 5.32 Å². The predicted octanol–water partition coefficient (Wildman–Crippen LogP) is 4.08. The number of anilines is 1. The van der Waals surface area contributed by atoms with Crippen LogP contribution in [0.15, 0.2) is 24.3 Å². The average Bonchev–Trinajstić information content (AvgIpc) is 2.55. The maximum absolute atomic E-state index is 13.8. The number of rotatable bonds is 3. The minimum absolute atomic E-state index is 0.131. The molecule has 0 spiro atoms. The van der Waals surface area contributed by atoms with Crippen LogP contribution in [0.2, 0.25) is 0 Å². The predicted molar refractivity (Wildman–Crippen MR) is 98.6 cm³/mol. The number of benzene rings is 1. The van der Waals surface area contributed by atoms with Crippen molar-refractivity contribution in [3.8, 4) is 0 Å². The largest absolute Gasteiger partial charge is 0.444 e. The maximum atomic E-state index is 13.8. The Hall–Kier alpha value is -2.31. The summed E-state index contributed by atoms with van der Waals surface area (Å²) in [5.74, 6) is -0.472. The third-order valence-corrected chi connectivity index (χ3v) is 4.13. The number of hydrogen-bond acceptors (Lipinski definition) is 3. The molecule has 2 rings (SSSR count). The van der Waals surface area contributed by atoms with E-state index in [9.17, 15) is 14.0 Å². The van der Waals surface area contributed by atoms with Crippen LogP contribution >= 0.6 is 0 Å². The monoisotopic (exact) mass is 365 g/mol. The molecule has 144 valence electrons. The average molecular weight is 365 g/mol. The number of hydrogen-bond donors (Lipinski definition) is 1. The Morgan fingerprint density at radius 3 is 2.58 bits per heavy atom. The van der Waals surface area contributed by atoms with Crippen molar-refractivity contribution in [3.05, 3.63) is 30.1 Å². The SMILES string of the molecule is CCC[C@H]1CN(C(=O)OC(C)(C)C)CCN1C(=O)Nc1ccccc1F. The zero-order valence-corrected chi connectivity index (χ0v) is 15.9. The van der Waals surface area contributed by atoms with Crippen molar-refractivity contribution in [3.63, 3.8) is 0 Å². The fourth-order valence-electron chi connectivity index (χ4n) is 2.94. The first-order valence-corrected chi connectivity index (χ1v) is 9.01. The summed E-state index contributed by atoms with van der Waals surface area (Å²) in [5.41, 5.74) is -0.404. The second-order valence-electron chi connectivity index (χ2n) is 7.47. The molecule has 0 bridgehead atoms. The molecule has 1 aliphatic rings. The third kappa shape index (κ3) is 5.34. The van der Waals surface area contributed by atoms with Gasteiger partial charge < -0.3 is 19.9 Å². The molecular formula is C19H28FN3O3. The molecule has 0 saturated carbocycles. The van der Waals surface area contributed by atoms with E-state index in [1.807, 2.05) is 27.7 Å². The van der Waals surface area contributed by atoms with E-state index in [1.54, 1.807) is 21.9 Å². The normalized spacial score (nSPS) is 17.8. The van der Waals surface area contributed by atoms with Crippen LogP contribution in [0.1, 0.15) is 40.5 Å². The highest BCUT2D eigenvalue weighted by atomic mass is 19.1. The summed E-state index contributed by atoms with van der Waals surface area (Å²) < 4.78 is 19.2. The van der Waals surface area contributed by atoms with Crippen LogP contribution < -0.4 is 5.32 Å². The van der Waals surface area contributed by atoms with Gasteiger partial charge in [0, 0.05) is 19.6 Å². The van der Waals surface area contributed by atoms with E-state index >= 15 is 0 Å². The molecule has 1 heterocycles. The number of nitrogens with one attached hydrogen (secondary N) is 1. The summed E-state index contributed by atoms with van der Waals surface area (Å²) in [7, 11) is 0. The van der Waals surface area contributed by atoms with Crippen LogP contribution in [0.3, 0.4) is 0 Å². The zero-order valence-electron chi connectivity index (χ0n) is 15.9. The van der Waals surface area contributed by atoms with Crippen molar-refractivity contribution in [2.75, 3.05) is 25.0 Å². The molecule has 7 heteroatoms. The second-order valence-corrected chi connectivity index (χ2v) is 7.47. The first-order chi connectivity index (χ1) is 12.2. The Morgan fingerprint density at radius 1 is 1.27 bits per heavy atom. The fraction of sp³-hybridized carbons (Fsp3) is 0.579. The lowest BCUT2D eigenvalue weighted by atomic mass is 10.1. The summed E-state index contributed by atoms with van der Waals surface area (Å²) in [6, 6.07) is 5.59. The fourth-order valence-corrected chi connectivity index (χ4v) is 2.94. The summed E-state index contributed by atoms with van der Waals surface area (Å²) >= 11 is 0. The number of carbonyl (C=O) groups excluding carboxylic acids is 2. The number of piperazine rings is 1. The van der Waals surface area contributed by atoms with Crippen LogP contribution in [0, 0.1) is 5.82 Å². The Kier molecular flexibility index (Phi) is 6.45. The molecule has 0 aromatic heterocycles. The Labute approximate surface area is 154 Å². The van der Waals surface area contributed by atoms with E-state index in [-0.39, 0.29) is 23.9 Å². The van der Waals surface area contributed by atoms with Gasteiger partial charge in [-0.25, -0.2) is 14.0 Å². The summed E-state index contributed by atoms with van der Waals surface area (Å²) in [6.07, 6.45) is 1.26. The van der Waals surface area contributed by atoms with Gasteiger partial charge in [0.2, 0.25) is 0 Å². The van der Waals surface area contributed by atoms with Gasteiger partial charge in [0.05, 0.1) is 11.7 Å². The van der Waals surface area contributed by atoms with Gasteiger partial charge in [0.25, 0.3) is 0 Å². The van der Waals surface area contributed by atoms with Crippen molar-refractivity contribution in [1.29, 1.82) is 0 Å². The molecule has 1 aromatic carbocycles. The maximum Gasteiger partial charge on any atom is 0.410 e. The van der Waals surface area contributed by atoms with Gasteiger partial charge in [0.1, 0.15) is 11.4 Å². The first kappa shape index (κ1) is 20.0. The molecule has 1 fully saturated rings. The number of halogens is 1. The Morgan fingerprint density at radius 2 is 1.96 bits per heavy atom. The minimum atomic E-state index is -0.559. The van der Waals surface area contributed by atoms with E-state index in [4.69, 9.17) is 4.74 Å². The van der Waals surface area contributed by atoms with Gasteiger partial charge in [-0.1, -0.05) is 25.5 Å². The molecule has 1 atom stereocenters. The molecular weight excluding hydrogens is 337 g/mol. The molecule has 26 heavy (non-hydrogen) atoms. The summed E-state index contributed by atoms with van der Waals surface area (Å²) in [6.45, 7) is 8.68. The number of nitrogens with zero attached hydrogens (tertiary/aromatic N) is 2. The molecule has 1 aliphatic heterocycles. The number of carbonyl (C=O) groups is 2. The molecule has 0 unspecified atom stereocenters. The van der Waals surface area contributed by atoms with Crippen LogP contribution in [0.4, 0.5) is 19.7 Å². The Bertz CT molecular complexity index is 645. The molecule has 0 aliphatic carbocycles. The quantitative estimate of drug-likeness (QED) is 0.878. The topological polar surface area (TPSA) is 61.9 Å². The van der Waals surface area contributed by atoms with E-state index in [1.165, 1.54) is 12.1 Å². The van der Waals surface area contributed by atoms with Gasteiger partial charge in [0.15, 0.2) is 0 Å². The van der Waals surface area contributed by atoms with Crippen LogP contribution in [0.5, 0.6) is 0 Å². The lowest BCUT2D eigenvalue weighted by Crippen LogP contribution is -2.58. The van der Waals surface area contributed by atoms with Crippen LogP contribution in [-0.4, -0.2) is 53.2 Å². The lowest BCUT2D eigenvalue weighted by Gasteiger charge is -2.41. The van der Waals surface area contributed by atoms with Crippen molar-refractivity contribution in [2.24, 2.45) is 0 Å². The lowest BCUT2D eigenvalue weighted by molar-refractivity contribution is 0.00899. The minimum Gasteiger partial charge on any atom is -0.444 e. The van der Waals surface area contributed by atoms with Gasteiger partial charge >= 0.3 is 12.1 Å². The van der Waals surface area contributed by atoms with E-state index in [0.29, 0.717) is 19.6 Å². The number of urea groups is 1. The van der Waals surface area contributed by atoms with Crippen molar-refractivity contribution in [1.82, 2.24) is 9.80 Å². The first-order valence-electron chi connectivity index (χ1n) is 9.01. The summed E-state index contributed by atoms with van der Waals surface area (Å²) in [4.78, 5) is 28.2. The van der Waals surface area contributed by atoms with Crippen molar-refractivity contribution < 1.29 is 18.7 Å². The van der Waals surface area contributed by atoms with Crippen LogP contribution in [-0.2, 0) is 4.74 Å².